The second-order valence-corrected chi connectivity index (χ2v) is 13.1. The summed E-state index contributed by atoms with van der Waals surface area (Å²) in [6.07, 6.45) is -7.99. The number of alkyl carbamates (subject to hydrolysis) is 1. The van der Waals surface area contributed by atoms with Gasteiger partial charge >= 0.3 is 23.3 Å². The Balaban J connectivity index is 1.65. The summed E-state index contributed by atoms with van der Waals surface area (Å²) in [6.45, 7) is 5.28. The zero-order valence-electron chi connectivity index (χ0n) is 25.3. The van der Waals surface area contributed by atoms with Crippen molar-refractivity contribution >= 4 is 40.0 Å². The van der Waals surface area contributed by atoms with E-state index in [1.165, 1.54) is 12.3 Å². The molecule has 0 atom stereocenters. The molecule has 47 heavy (non-hydrogen) atoms. The normalized spacial score (nSPS) is 16.0. The second-order valence-electron chi connectivity index (χ2n) is 12.2. The van der Waals surface area contributed by atoms with Crippen LogP contribution in [-0.4, -0.2) is 50.3 Å². The lowest BCUT2D eigenvalue weighted by Gasteiger charge is -2.38. The van der Waals surface area contributed by atoms with E-state index >= 15 is 0 Å². The van der Waals surface area contributed by atoms with Crippen LogP contribution >= 0.6 is 11.3 Å². The summed E-state index contributed by atoms with van der Waals surface area (Å²) in [7, 11) is 0. The molecule has 9 nitrogen and oxygen atoms in total. The predicted octanol–water partition coefficient (Wildman–Crippen LogP) is 7.19. The number of hydrogen-bond donors (Lipinski definition) is 3. The lowest BCUT2D eigenvalue weighted by atomic mass is 9.90. The molecule has 5 rings (SSSR count). The van der Waals surface area contributed by atoms with Gasteiger partial charge in [-0.3, -0.25) is 14.5 Å². The number of rotatable bonds is 6. The van der Waals surface area contributed by atoms with Gasteiger partial charge in [-0.2, -0.15) is 31.4 Å². The smallest absolute Gasteiger partial charge is 0.417 e. The van der Waals surface area contributed by atoms with Crippen molar-refractivity contribution in [2.24, 2.45) is 0 Å². The van der Waals surface area contributed by atoms with E-state index < -0.39 is 57.0 Å². The first-order valence-electron chi connectivity index (χ1n) is 14.3. The molecule has 4 aromatic rings. The molecule has 3 N–H and O–H groups in total. The van der Waals surface area contributed by atoms with E-state index in [4.69, 9.17) is 9.47 Å². The van der Waals surface area contributed by atoms with Gasteiger partial charge in [-0.05, 0) is 75.1 Å². The van der Waals surface area contributed by atoms with Crippen LogP contribution in [0.4, 0.5) is 31.1 Å². The van der Waals surface area contributed by atoms with Gasteiger partial charge in [-0.25, -0.2) is 4.79 Å². The minimum absolute atomic E-state index is 0.0213. The lowest BCUT2D eigenvalue weighted by molar-refractivity contribution is -0.143. The summed E-state index contributed by atoms with van der Waals surface area (Å²) in [5.74, 6) is -0.601. The number of aromatic amines is 1. The number of carbonyl (C=O) groups is 1. The Labute approximate surface area is 267 Å². The highest BCUT2D eigenvalue weighted by molar-refractivity contribution is 7.11. The minimum Gasteiger partial charge on any atom is -0.493 e. The third kappa shape index (κ3) is 7.64. The molecule has 16 heteroatoms. The first-order chi connectivity index (χ1) is 21.9. The highest BCUT2D eigenvalue weighted by Crippen LogP contribution is 2.41. The molecule has 2 aromatic heterocycles. The van der Waals surface area contributed by atoms with Crippen molar-refractivity contribution in [3.05, 3.63) is 79.4 Å². The van der Waals surface area contributed by atoms with Crippen LogP contribution in [0.15, 0.2) is 47.4 Å². The Morgan fingerprint density at radius 3 is 2.45 bits per heavy atom. The average molecular weight is 685 g/mol. The first-order valence-corrected chi connectivity index (χ1v) is 15.1. The third-order valence-corrected chi connectivity index (χ3v) is 8.53. The lowest BCUT2D eigenvalue weighted by Crippen LogP contribution is -2.56. The Morgan fingerprint density at radius 2 is 1.81 bits per heavy atom. The quantitative estimate of drug-likeness (QED) is 0.146. The molecule has 1 aliphatic rings. The summed E-state index contributed by atoms with van der Waals surface area (Å²) >= 11 is 0.537. The number of benzene rings is 2. The molecule has 1 amide bonds. The fourth-order valence-corrected chi connectivity index (χ4v) is 6.19. The van der Waals surface area contributed by atoms with Crippen LogP contribution < -0.4 is 10.2 Å². The van der Waals surface area contributed by atoms with Gasteiger partial charge in [0.25, 0.3) is 0 Å². The zero-order chi connectivity index (χ0) is 34.4. The van der Waals surface area contributed by atoms with Gasteiger partial charge in [0.2, 0.25) is 5.88 Å². The number of nitrogens with one attached hydrogen (secondary N) is 2. The number of halogens is 6. The van der Waals surface area contributed by atoms with Crippen LogP contribution in [0.25, 0.3) is 22.6 Å². The van der Waals surface area contributed by atoms with Crippen molar-refractivity contribution in [1.29, 1.82) is 0 Å². The number of aromatic nitrogens is 3. The molecule has 0 radical (unpaired) electrons. The molecular formula is C31H30F6N4O5S. The van der Waals surface area contributed by atoms with Gasteiger partial charge in [0.05, 0.1) is 34.9 Å². The summed E-state index contributed by atoms with van der Waals surface area (Å²) < 4.78 is 94.4. The number of H-pyrrole nitrogens is 1. The largest absolute Gasteiger partial charge is 0.493 e. The second kappa shape index (κ2) is 12.4. The summed E-state index contributed by atoms with van der Waals surface area (Å²) in [6, 6.07) is 5.90. The SMILES string of the molecule is CC(C)(C)OC(=O)NC1(Cn2c(O)c(C(=Cc3ccc(C(F)(F)F)cc3C(F)(F)F)c3ccc4[nH]ncc4c3)sc2=O)CCOCC1. The van der Waals surface area contributed by atoms with Crippen LogP contribution in [-0.2, 0) is 28.4 Å². The number of aromatic hydroxyl groups is 1. The summed E-state index contributed by atoms with van der Waals surface area (Å²) in [4.78, 5) is 25.4. The Morgan fingerprint density at radius 1 is 1.11 bits per heavy atom. The van der Waals surface area contributed by atoms with E-state index in [0.717, 1.165) is 10.6 Å². The molecule has 1 fully saturated rings. The molecule has 1 aliphatic heterocycles. The van der Waals surface area contributed by atoms with Crippen LogP contribution in [0.5, 0.6) is 5.88 Å². The first kappa shape index (κ1) is 34.0. The molecule has 0 spiro atoms. The molecule has 1 saturated heterocycles. The number of ether oxygens (including phenoxy) is 2. The zero-order valence-corrected chi connectivity index (χ0v) is 26.1. The highest BCUT2D eigenvalue weighted by atomic mass is 32.1. The van der Waals surface area contributed by atoms with E-state index in [9.17, 15) is 41.0 Å². The van der Waals surface area contributed by atoms with Crippen molar-refractivity contribution in [3.63, 3.8) is 0 Å². The number of thiazole rings is 1. The van der Waals surface area contributed by atoms with Crippen LogP contribution in [0.2, 0.25) is 0 Å². The van der Waals surface area contributed by atoms with Crippen molar-refractivity contribution in [2.75, 3.05) is 13.2 Å². The average Bonchev–Trinajstić information content (AvgIpc) is 3.54. The number of amides is 1. The molecule has 0 saturated carbocycles. The van der Waals surface area contributed by atoms with Gasteiger partial charge in [0.1, 0.15) is 10.5 Å². The fraction of sp³-hybridized carbons (Fsp3) is 0.387. The predicted molar refractivity (Wildman–Crippen MR) is 162 cm³/mol. The van der Waals surface area contributed by atoms with Crippen LogP contribution in [0.1, 0.15) is 60.7 Å². The van der Waals surface area contributed by atoms with Crippen LogP contribution in [0.3, 0.4) is 0 Å². The van der Waals surface area contributed by atoms with E-state index in [1.54, 1.807) is 32.9 Å². The maximum atomic E-state index is 14.1. The standard InChI is InChI=1S/C31H30F6N4O5S/c1-28(2,3)46-26(43)39-29(8-10-45-11-9-29)16-41-25(42)24(47-27(41)44)21(17-5-7-23-19(12-17)15-38-40-23)13-18-4-6-20(30(32,33)34)14-22(18)31(35,36)37/h4-7,12-15,42H,8-11,16H2,1-3H3,(H,38,40)(H,39,43). The number of fused-ring (bicyclic) bond motifs is 1. The van der Waals surface area contributed by atoms with Gasteiger partial charge < -0.3 is 19.9 Å². The monoisotopic (exact) mass is 684 g/mol. The summed E-state index contributed by atoms with van der Waals surface area (Å²) in [5, 5.41) is 21.5. The summed E-state index contributed by atoms with van der Waals surface area (Å²) in [5.41, 5.74) is -4.79. The third-order valence-electron chi connectivity index (χ3n) is 7.53. The van der Waals surface area contributed by atoms with E-state index in [0.29, 0.717) is 34.4 Å². The Bertz CT molecular complexity index is 1880. The molecule has 2 aromatic carbocycles. The fourth-order valence-electron chi connectivity index (χ4n) is 5.27. The minimum atomic E-state index is -5.17. The van der Waals surface area contributed by atoms with Gasteiger partial charge in [0.15, 0.2) is 0 Å². The van der Waals surface area contributed by atoms with Gasteiger partial charge in [0, 0.05) is 24.2 Å². The van der Waals surface area contributed by atoms with E-state index in [2.05, 4.69) is 15.5 Å². The van der Waals surface area contributed by atoms with Gasteiger partial charge in [-0.1, -0.05) is 23.5 Å². The number of nitrogens with zero attached hydrogens (tertiary/aromatic N) is 2. The molecule has 0 unspecified atom stereocenters. The Kier molecular flexibility index (Phi) is 8.96. The van der Waals surface area contributed by atoms with E-state index in [1.807, 2.05) is 0 Å². The maximum Gasteiger partial charge on any atom is 0.417 e. The van der Waals surface area contributed by atoms with Crippen molar-refractivity contribution < 1.29 is 45.7 Å². The van der Waals surface area contributed by atoms with Crippen molar-refractivity contribution in [3.8, 4) is 5.88 Å². The highest BCUT2D eigenvalue weighted by Gasteiger charge is 2.40. The maximum absolute atomic E-state index is 14.1. The molecular weight excluding hydrogens is 654 g/mol. The molecule has 0 bridgehead atoms. The Hall–Kier alpha value is -4.31. The number of alkyl halides is 6. The van der Waals surface area contributed by atoms with Crippen molar-refractivity contribution in [2.45, 2.75) is 63.7 Å². The number of hydrogen-bond acceptors (Lipinski definition) is 7. The van der Waals surface area contributed by atoms with Crippen LogP contribution in [0, 0.1) is 0 Å². The number of carbonyl (C=O) groups excluding carboxylic acids is 1. The van der Waals surface area contributed by atoms with Crippen molar-refractivity contribution in [1.82, 2.24) is 20.1 Å². The molecule has 3 heterocycles. The topological polar surface area (TPSA) is 118 Å². The van der Waals surface area contributed by atoms with E-state index in [-0.39, 0.29) is 54.7 Å². The molecule has 252 valence electrons. The molecule has 0 aliphatic carbocycles. The van der Waals surface area contributed by atoms with Gasteiger partial charge in [-0.15, -0.1) is 0 Å².